The van der Waals surface area contributed by atoms with Crippen molar-refractivity contribution in [2.75, 3.05) is 18.4 Å². The summed E-state index contributed by atoms with van der Waals surface area (Å²) in [6.07, 6.45) is 1.31. The first-order valence-electron chi connectivity index (χ1n) is 8.37. The zero-order chi connectivity index (χ0) is 18.0. The second-order valence-corrected chi connectivity index (χ2v) is 6.41. The van der Waals surface area contributed by atoms with Crippen LogP contribution in [0.5, 0.6) is 0 Å². The number of nitrogens with one attached hydrogen (secondary N) is 1. The Morgan fingerprint density at radius 1 is 1.28 bits per heavy atom. The number of aromatic nitrogens is 2. The molecule has 2 amide bonds. The number of urea groups is 1. The van der Waals surface area contributed by atoms with E-state index in [2.05, 4.69) is 10.4 Å². The molecule has 1 aliphatic rings. The van der Waals surface area contributed by atoms with E-state index in [0.717, 1.165) is 17.1 Å². The number of likely N-dealkylation sites (tertiary alicyclic amines) is 1. The van der Waals surface area contributed by atoms with Crippen LogP contribution < -0.4 is 5.32 Å². The van der Waals surface area contributed by atoms with E-state index in [-0.39, 0.29) is 12.6 Å². The number of carboxylic acid groups (broad SMARTS) is 1. The molecule has 2 heterocycles. The number of hydrogen-bond donors (Lipinski definition) is 2. The van der Waals surface area contributed by atoms with Gasteiger partial charge < -0.3 is 15.3 Å². The highest BCUT2D eigenvalue weighted by molar-refractivity contribution is 5.92. The molecule has 7 heteroatoms. The predicted octanol–water partition coefficient (Wildman–Crippen LogP) is 2.82. The van der Waals surface area contributed by atoms with Gasteiger partial charge in [-0.15, -0.1) is 0 Å². The number of piperidine rings is 1. The van der Waals surface area contributed by atoms with E-state index in [1.807, 2.05) is 44.2 Å². The molecule has 1 saturated heterocycles. The fraction of sp³-hybridized carbons (Fsp3) is 0.389. The highest BCUT2D eigenvalue weighted by Gasteiger charge is 2.28. The van der Waals surface area contributed by atoms with Crippen molar-refractivity contribution in [3.8, 4) is 5.69 Å². The fourth-order valence-corrected chi connectivity index (χ4v) is 3.19. The largest absolute Gasteiger partial charge is 0.481 e. The molecule has 0 aliphatic carbocycles. The lowest BCUT2D eigenvalue weighted by atomic mass is 9.99. The minimum Gasteiger partial charge on any atom is -0.481 e. The molecule has 25 heavy (non-hydrogen) atoms. The second-order valence-electron chi connectivity index (χ2n) is 6.41. The molecule has 2 aromatic rings. The molecule has 0 bridgehead atoms. The van der Waals surface area contributed by atoms with E-state index in [0.29, 0.717) is 25.1 Å². The summed E-state index contributed by atoms with van der Waals surface area (Å²) in [5, 5.41) is 16.6. The topological polar surface area (TPSA) is 87.5 Å². The molecule has 0 saturated carbocycles. The molecule has 2 N–H and O–H groups in total. The molecule has 0 radical (unpaired) electrons. The Morgan fingerprint density at radius 3 is 2.72 bits per heavy atom. The minimum atomic E-state index is -0.847. The number of anilines is 1. The number of hydrogen-bond acceptors (Lipinski definition) is 3. The maximum Gasteiger partial charge on any atom is 0.321 e. The predicted molar refractivity (Wildman–Crippen MR) is 94.0 cm³/mol. The number of amides is 2. The van der Waals surface area contributed by atoms with Crippen molar-refractivity contribution < 1.29 is 14.7 Å². The monoisotopic (exact) mass is 342 g/mol. The molecule has 0 spiro atoms. The lowest BCUT2D eigenvalue weighted by molar-refractivity contribution is -0.143. The highest BCUT2D eigenvalue weighted by Crippen LogP contribution is 2.23. The smallest absolute Gasteiger partial charge is 0.321 e. The number of carbonyl (C=O) groups is 2. The molecule has 1 fully saturated rings. The minimum absolute atomic E-state index is 0.239. The fourth-order valence-electron chi connectivity index (χ4n) is 3.19. The van der Waals surface area contributed by atoms with Crippen molar-refractivity contribution in [2.45, 2.75) is 26.7 Å². The number of carbonyl (C=O) groups excluding carboxylic acids is 1. The van der Waals surface area contributed by atoms with Crippen LogP contribution in [0.4, 0.5) is 10.5 Å². The molecular formula is C18H22N4O3. The van der Waals surface area contributed by atoms with Gasteiger partial charge in [0.15, 0.2) is 0 Å². The summed E-state index contributed by atoms with van der Waals surface area (Å²) < 4.78 is 1.79. The van der Waals surface area contributed by atoms with Crippen LogP contribution >= 0.6 is 0 Å². The van der Waals surface area contributed by atoms with Gasteiger partial charge in [0.25, 0.3) is 0 Å². The van der Waals surface area contributed by atoms with E-state index in [4.69, 9.17) is 0 Å². The van der Waals surface area contributed by atoms with Gasteiger partial charge in [0.2, 0.25) is 0 Å². The van der Waals surface area contributed by atoms with Crippen LogP contribution in [-0.4, -0.2) is 44.9 Å². The van der Waals surface area contributed by atoms with Gasteiger partial charge in [-0.1, -0.05) is 12.1 Å². The van der Waals surface area contributed by atoms with Crippen molar-refractivity contribution >= 4 is 17.7 Å². The quantitative estimate of drug-likeness (QED) is 0.898. The van der Waals surface area contributed by atoms with Crippen molar-refractivity contribution in [2.24, 2.45) is 5.92 Å². The summed E-state index contributed by atoms with van der Waals surface area (Å²) in [6, 6.07) is 9.15. The third-order valence-corrected chi connectivity index (χ3v) is 4.44. The summed E-state index contributed by atoms with van der Waals surface area (Å²) >= 11 is 0. The number of aryl methyl sites for hydroxylation is 2. The van der Waals surface area contributed by atoms with Crippen LogP contribution in [0.15, 0.2) is 30.3 Å². The number of benzene rings is 1. The molecule has 1 atom stereocenters. The van der Waals surface area contributed by atoms with Gasteiger partial charge in [-0.05, 0) is 44.9 Å². The maximum absolute atomic E-state index is 12.6. The van der Waals surface area contributed by atoms with Crippen LogP contribution in [-0.2, 0) is 4.79 Å². The van der Waals surface area contributed by atoms with E-state index < -0.39 is 11.9 Å². The summed E-state index contributed by atoms with van der Waals surface area (Å²) in [4.78, 5) is 25.4. The highest BCUT2D eigenvalue weighted by atomic mass is 16.4. The maximum atomic E-state index is 12.6. The van der Waals surface area contributed by atoms with Crippen LogP contribution in [0.3, 0.4) is 0 Å². The second kappa shape index (κ2) is 6.96. The molecule has 3 rings (SSSR count). The van der Waals surface area contributed by atoms with E-state index in [1.54, 1.807) is 9.58 Å². The molecule has 132 valence electrons. The van der Waals surface area contributed by atoms with Crippen LogP contribution in [0, 0.1) is 19.8 Å². The Kier molecular flexibility index (Phi) is 4.74. The first-order chi connectivity index (χ1) is 12.0. The molecule has 7 nitrogen and oxygen atoms in total. The number of rotatable bonds is 3. The van der Waals surface area contributed by atoms with Crippen LogP contribution in [0.25, 0.3) is 5.69 Å². The zero-order valence-corrected chi connectivity index (χ0v) is 14.4. The SMILES string of the molecule is Cc1cc(C)n(-c2ccccc2NC(=O)N2CCCC(C(=O)O)C2)n1. The van der Waals surface area contributed by atoms with E-state index in [1.165, 1.54) is 0 Å². The van der Waals surface area contributed by atoms with Crippen LogP contribution in [0.2, 0.25) is 0 Å². The van der Waals surface area contributed by atoms with Crippen molar-refractivity contribution in [1.82, 2.24) is 14.7 Å². The van der Waals surface area contributed by atoms with Gasteiger partial charge in [-0.25, -0.2) is 9.48 Å². The third-order valence-electron chi connectivity index (χ3n) is 4.44. The Hall–Kier alpha value is -2.83. The lowest BCUT2D eigenvalue weighted by Crippen LogP contribution is -2.44. The van der Waals surface area contributed by atoms with Gasteiger partial charge in [0.05, 0.1) is 23.0 Å². The van der Waals surface area contributed by atoms with E-state index in [9.17, 15) is 14.7 Å². The Bertz CT molecular complexity index is 799. The lowest BCUT2D eigenvalue weighted by Gasteiger charge is -2.31. The average molecular weight is 342 g/mol. The summed E-state index contributed by atoms with van der Waals surface area (Å²) in [6.45, 7) is 4.69. The average Bonchev–Trinajstić information content (AvgIpc) is 2.93. The summed E-state index contributed by atoms with van der Waals surface area (Å²) in [7, 11) is 0. The third kappa shape index (κ3) is 3.65. The van der Waals surface area contributed by atoms with Crippen molar-refractivity contribution in [3.63, 3.8) is 0 Å². The number of carboxylic acids is 1. The first-order valence-corrected chi connectivity index (χ1v) is 8.37. The number of para-hydroxylation sites is 2. The Labute approximate surface area is 146 Å². The van der Waals surface area contributed by atoms with E-state index >= 15 is 0 Å². The standard InChI is InChI=1S/C18H22N4O3/c1-12-10-13(2)22(20-12)16-8-4-3-7-15(16)19-18(25)21-9-5-6-14(11-21)17(23)24/h3-4,7-8,10,14H,5-6,9,11H2,1-2H3,(H,19,25)(H,23,24). The van der Waals surface area contributed by atoms with Crippen molar-refractivity contribution in [1.29, 1.82) is 0 Å². The van der Waals surface area contributed by atoms with Gasteiger partial charge in [-0.3, -0.25) is 4.79 Å². The first kappa shape index (κ1) is 17.0. The van der Waals surface area contributed by atoms with Crippen molar-refractivity contribution in [3.05, 3.63) is 41.7 Å². The zero-order valence-electron chi connectivity index (χ0n) is 14.4. The van der Waals surface area contributed by atoms with Crippen LogP contribution in [0.1, 0.15) is 24.2 Å². The van der Waals surface area contributed by atoms with Gasteiger partial charge in [-0.2, -0.15) is 5.10 Å². The molecule has 1 aliphatic heterocycles. The number of nitrogens with zero attached hydrogens (tertiary/aromatic N) is 3. The molecular weight excluding hydrogens is 320 g/mol. The number of aliphatic carboxylic acids is 1. The van der Waals surface area contributed by atoms with Gasteiger partial charge in [0, 0.05) is 18.8 Å². The summed E-state index contributed by atoms with van der Waals surface area (Å²) in [5.74, 6) is -1.34. The van der Waals surface area contributed by atoms with Gasteiger partial charge in [0.1, 0.15) is 0 Å². The normalized spacial score (nSPS) is 17.4. The Balaban J connectivity index is 1.80. The summed E-state index contributed by atoms with van der Waals surface area (Å²) in [5.41, 5.74) is 3.31. The Morgan fingerprint density at radius 2 is 2.04 bits per heavy atom. The molecule has 1 aromatic carbocycles. The van der Waals surface area contributed by atoms with Gasteiger partial charge >= 0.3 is 12.0 Å². The molecule has 1 unspecified atom stereocenters. The molecule has 1 aromatic heterocycles.